The molecule has 0 spiro atoms. The summed E-state index contributed by atoms with van der Waals surface area (Å²) in [6.07, 6.45) is 3.29. The number of guanidine groups is 1. The minimum Gasteiger partial charge on any atom is -0.381 e. The molecule has 158 valence electrons. The van der Waals surface area contributed by atoms with Crippen LogP contribution in [-0.2, 0) is 11.3 Å². The van der Waals surface area contributed by atoms with Crippen molar-refractivity contribution in [2.45, 2.75) is 50.4 Å². The zero-order valence-electron chi connectivity index (χ0n) is 18.0. The standard InChI is InChI=1S/C22H38N4OS/c1-5-28-22(12-15-27-16-13-22)18-25-21(23-3)24-14-11-19(2)26(4)17-20-9-7-6-8-10-20/h6-10,19H,5,11-18H2,1-4H3,(H2,23,24,25). The maximum absolute atomic E-state index is 5.57. The molecule has 1 aliphatic rings. The van der Waals surface area contributed by atoms with E-state index in [1.807, 2.05) is 7.05 Å². The summed E-state index contributed by atoms with van der Waals surface area (Å²) < 4.78 is 5.84. The van der Waals surface area contributed by atoms with Crippen molar-refractivity contribution >= 4 is 17.7 Å². The Morgan fingerprint density at radius 3 is 2.61 bits per heavy atom. The molecule has 1 atom stereocenters. The van der Waals surface area contributed by atoms with Crippen LogP contribution in [0.15, 0.2) is 35.3 Å². The molecule has 0 radical (unpaired) electrons. The Bertz CT molecular complexity index is 570. The number of ether oxygens (including phenoxy) is 1. The summed E-state index contributed by atoms with van der Waals surface area (Å²) >= 11 is 2.05. The Kier molecular flexibility index (Phi) is 10.2. The first-order valence-corrected chi connectivity index (χ1v) is 11.5. The normalized spacial score (nSPS) is 18.1. The number of nitrogens with zero attached hydrogens (tertiary/aromatic N) is 2. The van der Waals surface area contributed by atoms with Crippen LogP contribution < -0.4 is 10.6 Å². The summed E-state index contributed by atoms with van der Waals surface area (Å²) in [6, 6.07) is 11.2. The van der Waals surface area contributed by atoms with Crippen molar-refractivity contribution in [2.24, 2.45) is 4.99 Å². The molecule has 1 fully saturated rings. The molecule has 0 aromatic heterocycles. The minimum atomic E-state index is 0.272. The minimum absolute atomic E-state index is 0.272. The van der Waals surface area contributed by atoms with Gasteiger partial charge in [-0.3, -0.25) is 9.89 Å². The highest BCUT2D eigenvalue weighted by Gasteiger charge is 2.32. The number of nitrogens with one attached hydrogen (secondary N) is 2. The fourth-order valence-corrected chi connectivity index (χ4v) is 4.78. The van der Waals surface area contributed by atoms with Crippen LogP contribution in [0.3, 0.4) is 0 Å². The summed E-state index contributed by atoms with van der Waals surface area (Å²) in [4.78, 5) is 6.82. The Labute approximate surface area is 175 Å². The highest BCUT2D eigenvalue weighted by atomic mass is 32.2. The van der Waals surface area contributed by atoms with Crippen LogP contribution in [0.4, 0.5) is 0 Å². The highest BCUT2D eigenvalue weighted by molar-refractivity contribution is 8.00. The fourth-order valence-electron chi connectivity index (χ4n) is 3.53. The van der Waals surface area contributed by atoms with Crippen molar-refractivity contribution in [3.05, 3.63) is 35.9 Å². The zero-order valence-corrected chi connectivity index (χ0v) is 18.9. The third-order valence-corrected chi connectivity index (χ3v) is 6.99. The predicted octanol–water partition coefficient (Wildman–Crippen LogP) is 3.36. The maximum atomic E-state index is 5.57. The van der Waals surface area contributed by atoms with E-state index in [0.29, 0.717) is 6.04 Å². The van der Waals surface area contributed by atoms with E-state index in [2.05, 4.69) is 83.5 Å². The first kappa shape index (κ1) is 23.0. The Balaban J connectivity index is 1.72. The molecule has 2 rings (SSSR count). The van der Waals surface area contributed by atoms with Gasteiger partial charge < -0.3 is 15.4 Å². The van der Waals surface area contributed by atoms with E-state index in [0.717, 1.165) is 63.8 Å². The molecule has 6 heteroatoms. The molecule has 0 saturated carbocycles. The number of hydrogen-bond acceptors (Lipinski definition) is 4. The van der Waals surface area contributed by atoms with Crippen LogP contribution in [0.2, 0.25) is 0 Å². The molecule has 1 aliphatic heterocycles. The van der Waals surface area contributed by atoms with E-state index >= 15 is 0 Å². The quantitative estimate of drug-likeness (QED) is 0.461. The van der Waals surface area contributed by atoms with Gasteiger partial charge in [-0.25, -0.2) is 0 Å². The predicted molar refractivity (Wildman–Crippen MR) is 122 cm³/mol. The molecule has 28 heavy (non-hydrogen) atoms. The van der Waals surface area contributed by atoms with Crippen LogP contribution in [0.5, 0.6) is 0 Å². The summed E-state index contributed by atoms with van der Waals surface area (Å²) in [5.74, 6) is 2.04. The molecular weight excluding hydrogens is 368 g/mol. The molecule has 5 nitrogen and oxygen atoms in total. The number of rotatable bonds is 10. The van der Waals surface area contributed by atoms with Crippen LogP contribution in [0.25, 0.3) is 0 Å². The fraction of sp³-hybridized carbons (Fsp3) is 0.682. The average Bonchev–Trinajstić information content (AvgIpc) is 2.72. The summed E-state index contributed by atoms with van der Waals surface area (Å²) in [7, 11) is 4.05. The van der Waals surface area contributed by atoms with Crippen LogP contribution in [0, 0.1) is 0 Å². The monoisotopic (exact) mass is 406 g/mol. The van der Waals surface area contributed by atoms with E-state index in [1.165, 1.54) is 5.56 Å². The van der Waals surface area contributed by atoms with Gasteiger partial charge in [-0.05, 0) is 44.6 Å². The molecule has 1 saturated heterocycles. The van der Waals surface area contributed by atoms with Crippen LogP contribution in [0.1, 0.15) is 38.7 Å². The van der Waals surface area contributed by atoms with Crippen molar-refractivity contribution in [1.82, 2.24) is 15.5 Å². The first-order chi connectivity index (χ1) is 13.6. The number of benzene rings is 1. The van der Waals surface area contributed by atoms with Crippen molar-refractivity contribution in [3.63, 3.8) is 0 Å². The summed E-state index contributed by atoms with van der Waals surface area (Å²) in [5, 5.41) is 7.05. The van der Waals surface area contributed by atoms with Gasteiger partial charge in [0.15, 0.2) is 5.96 Å². The van der Waals surface area contributed by atoms with Gasteiger partial charge in [0, 0.05) is 50.7 Å². The lowest BCUT2D eigenvalue weighted by atomic mass is 9.99. The molecule has 1 aromatic carbocycles. The lowest BCUT2D eigenvalue weighted by Crippen LogP contribution is -2.48. The second kappa shape index (κ2) is 12.3. The molecule has 0 aliphatic carbocycles. The molecule has 1 unspecified atom stereocenters. The van der Waals surface area contributed by atoms with Gasteiger partial charge in [0.1, 0.15) is 0 Å². The largest absolute Gasteiger partial charge is 0.381 e. The van der Waals surface area contributed by atoms with E-state index < -0.39 is 0 Å². The molecule has 1 heterocycles. The Hall–Kier alpha value is -1.24. The number of aliphatic imine (C=N–C) groups is 1. The van der Waals surface area contributed by atoms with Crippen molar-refractivity contribution < 1.29 is 4.74 Å². The first-order valence-electron chi connectivity index (χ1n) is 10.5. The van der Waals surface area contributed by atoms with Gasteiger partial charge in [0.2, 0.25) is 0 Å². The zero-order chi connectivity index (χ0) is 20.2. The highest BCUT2D eigenvalue weighted by Crippen LogP contribution is 2.34. The van der Waals surface area contributed by atoms with Crippen molar-refractivity contribution in [3.8, 4) is 0 Å². The molecule has 2 N–H and O–H groups in total. The van der Waals surface area contributed by atoms with Crippen molar-refractivity contribution in [2.75, 3.05) is 46.2 Å². The van der Waals surface area contributed by atoms with Crippen LogP contribution in [-0.4, -0.2) is 67.8 Å². The Morgan fingerprint density at radius 1 is 1.25 bits per heavy atom. The lowest BCUT2D eigenvalue weighted by Gasteiger charge is -2.37. The second-order valence-corrected chi connectivity index (χ2v) is 9.35. The van der Waals surface area contributed by atoms with Gasteiger partial charge in [0.05, 0.1) is 0 Å². The molecule has 0 amide bonds. The van der Waals surface area contributed by atoms with Gasteiger partial charge in [-0.1, -0.05) is 37.3 Å². The van der Waals surface area contributed by atoms with Gasteiger partial charge in [-0.15, -0.1) is 0 Å². The number of hydrogen-bond donors (Lipinski definition) is 2. The van der Waals surface area contributed by atoms with Crippen LogP contribution >= 0.6 is 11.8 Å². The number of thioether (sulfide) groups is 1. The third kappa shape index (κ3) is 7.64. The van der Waals surface area contributed by atoms with E-state index in [-0.39, 0.29) is 4.75 Å². The topological polar surface area (TPSA) is 48.9 Å². The van der Waals surface area contributed by atoms with E-state index in [4.69, 9.17) is 4.74 Å². The molecule has 0 bridgehead atoms. The average molecular weight is 407 g/mol. The SMILES string of the molecule is CCSC1(CNC(=NC)NCCC(C)N(C)Cc2ccccc2)CCOCC1. The smallest absolute Gasteiger partial charge is 0.191 e. The van der Waals surface area contributed by atoms with Gasteiger partial charge >= 0.3 is 0 Å². The van der Waals surface area contributed by atoms with E-state index in [9.17, 15) is 0 Å². The maximum Gasteiger partial charge on any atom is 0.191 e. The van der Waals surface area contributed by atoms with Gasteiger partial charge in [-0.2, -0.15) is 11.8 Å². The lowest BCUT2D eigenvalue weighted by molar-refractivity contribution is 0.0782. The van der Waals surface area contributed by atoms with Crippen molar-refractivity contribution in [1.29, 1.82) is 0 Å². The molecule has 1 aromatic rings. The van der Waals surface area contributed by atoms with E-state index in [1.54, 1.807) is 0 Å². The molecular formula is C22H38N4OS. The Morgan fingerprint density at radius 2 is 1.96 bits per heavy atom. The summed E-state index contributed by atoms with van der Waals surface area (Å²) in [5.41, 5.74) is 1.36. The summed E-state index contributed by atoms with van der Waals surface area (Å²) in [6.45, 7) is 9.10. The van der Waals surface area contributed by atoms with Gasteiger partial charge in [0.25, 0.3) is 0 Å². The third-order valence-electron chi connectivity index (χ3n) is 5.54. The second-order valence-electron chi connectivity index (χ2n) is 7.62.